The van der Waals surface area contributed by atoms with E-state index in [1.807, 2.05) is 35.1 Å². The molecule has 124 valence electrons. The normalized spacial score (nSPS) is 10.7. The Kier molecular flexibility index (Phi) is 5.74. The standard InChI is InChI=1S/C18H19N3O2S/c22-18(14-24-13-15-4-2-1-3-5-15)19-7-8-21-11-17(10-20-21)16-6-9-23-12-16/h1-6,9-12H,7-8,13-14H2,(H,19,22). The zero-order chi connectivity index (χ0) is 16.6. The van der Waals surface area contributed by atoms with Gasteiger partial charge in [0.05, 0.1) is 31.0 Å². The van der Waals surface area contributed by atoms with Crippen molar-refractivity contribution in [1.82, 2.24) is 15.1 Å². The third-order valence-corrected chi connectivity index (χ3v) is 4.50. The van der Waals surface area contributed by atoms with Crippen LogP contribution in [0.1, 0.15) is 5.56 Å². The molecule has 0 radical (unpaired) electrons. The fraction of sp³-hybridized carbons (Fsp3) is 0.222. The Hall–Kier alpha value is -2.47. The van der Waals surface area contributed by atoms with Crippen molar-refractivity contribution in [2.75, 3.05) is 12.3 Å². The highest BCUT2D eigenvalue weighted by atomic mass is 32.2. The molecular formula is C18H19N3O2S. The molecule has 2 heterocycles. The molecule has 0 spiro atoms. The number of carbonyl (C=O) groups is 1. The van der Waals surface area contributed by atoms with Crippen LogP contribution in [0.15, 0.2) is 65.7 Å². The van der Waals surface area contributed by atoms with Crippen molar-refractivity contribution < 1.29 is 9.21 Å². The first-order valence-electron chi connectivity index (χ1n) is 7.74. The van der Waals surface area contributed by atoms with Gasteiger partial charge in [0.25, 0.3) is 0 Å². The predicted molar refractivity (Wildman–Crippen MR) is 95.5 cm³/mol. The number of aromatic nitrogens is 2. The maximum Gasteiger partial charge on any atom is 0.230 e. The molecule has 0 aliphatic carbocycles. The van der Waals surface area contributed by atoms with Gasteiger partial charge in [-0.2, -0.15) is 5.10 Å². The quantitative estimate of drug-likeness (QED) is 0.683. The fourth-order valence-corrected chi connectivity index (χ4v) is 3.08. The fourth-order valence-electron chi connectivity index (χ4n) is 2.26. The summed E-state index contributed by atoms with van der Waals surface area (Å²) in [5.74, 6) is 1.37. The Bertz CT molecular complexity index is 754. The van der Waals surface area contributed by atoms with E-state index in [9.17, 15) is 4.79 Å². The average molecular weight is 341 g/mol. The highest BCUT2D eigenvalue weighted by Gasteiger charge is 2.04. The number of rotatable bonds is 8. The molecule has 0 saturated heterocycles. The van der Waals surface area contributed by atoms with Crippen LogP contribution >= 0.6 is 11.8 Å². The monoisotopic (exact) mass is 341 g/mol. The van der Waals surface area contributed by atoms with Crippen molar-refractivity contribution in [2.24, 2.45) is 0 Å². The molecule has 3 rings (SSSR count). The van der Waals surface area contributed by atoms with E-state index < -0.39 is 0 Å². The highest BCUT2D eigenvalue weighted by Crippen LogP contribution is 2.18. The SMILES string of the molecule is O=C(CSCc1ccccc1)NCCn1cc(-c2ccoc2)cn1. The van der Waals surface area contributed by atoms with Crippen LogP contribution in [-0.4, -0.2) is 28.0 Å². The molecule has 1 amide bonds. The molecule has 3 aromatic rings. The van der Waals surface area contributed by atoms with E-state index in [0.29, 0.717) is 18.8 Å². The second-order valence-electron chi connectivity index (χ2n) is 5.33. The van der Waals surface area contributed by atoms with Crippen LogP contribution < -0.4 is 5.32 Å². The summed E-state index contributed by atoms with van der Waals surface area (Å²) in [6.45, 7) is 1.21. The van der Waals surface area contributed by atoms with Crippen molar-refractivity contribution in [1.29, 1.82) is 0 Å². The zero-order valence-electron chi connectivity index (χ0n) is 13.2. The first-order valence-corrected chi connectivity index (χ1v) is 8.90. The number of thioether (sulfide) groups is 1. The number of carbonyl (C=O) groups excluding carboxylic acids is 1. The molecule has 6 heteroatoms. The van der Waals surface area contributed by atoms with Gasteiger partial charge in [-0.25, -0.2) is 0 Å². The topological polar surface area (TPSA) is 60.1 Å². The van der Waals surface area contributed by atoms with Crippen molar-refractivity contribution in [3.05, 3.63) is 66.9 Å². The largest absolute Gasteiger partial charge is 0.472 e. The summed E-state index contributed by atoms with van der Waals surface area (Å²) in [6.07, 6.45) is 7.07. The Balaban J connectivity index is 1.35. The molecule has 1 N–H and O–H groups in total. The molecule has 5 nitrogen and oxygen atoms in total. The van der Waals surface area contributed by atoms with Crippen LogP contribution in [0, 0.1) is 0 Å². The van der Waals surface area contributed by atoms with Crippen LogP contribution in [-0.2, 0) is 17.1 Å². The Labute approximate surface area is 145 Å². The molecule has 0 saturated carbocycles. The van der Waals surface area contributed by atoms with E-state index >= 15 is 0 Å². The van der Waals surface area contributed by atoms with Gasteiger partial charge in [-0.15, -0.1) is 11.8 Å². The van der Waals surface area contributed by atoms with E-state index in [1.165, 1.54) is 5.56 Å². The van der Waals surface area contributed by atoms with Crippen LogP contribution in [0.4, 0.5) is 0 Å². The summed E-state index contributed by atoms with van der Waals surface area (Å²) in [5, 5.41) is 7.21. The number of benzene rings is 1. The minimum Gasteiger partial charge on any atom is -0.472 e. The second kappa shape index (κ2) is 8.40. The lowest BCUT2D eigenvalue weighted by Gasteiger charge is -2.05. The van der Waals surface area contributed by atoms with Crippen LogP contribution in [0.3, 0.4) is 0 Å². The number of amides is 1. The maximum absolute atomic E-state index is 11.8. The third kappa shape index (κ3) is 4.76. The smallest absolute Gasteiger partial charge is 0.230 e. The first kappa shape index (κ1) is 16.4. The lowest BCUT2D eigenvalue weighted by Crippen LogP contribution is -2.28. The van der Waals surface area contributed by atoms with Gasteiger partial charge in [0.2, 0.25) is 5.91 Å². The molecule has 0 unspecified atom stereocenters. The second-order valence-corrected chi connectivity index (χ2v) is 6.32. The van der Waals surface area contributed by atoms with Gasteiger partial charge in [-0.05, 0) is 11.6 Å². The lowest BCUT2D eigenvalue weighted by atomic mass is 10.2. The van der Waals surface area contributed by atoms with Gasteiger partial charge in [-0.1, -0.05) is 30.3 Å². The molecule has 1 aromatic carbocycles. The van der Waals surface area contributed by atoms with E-state index in [1.54, 1.807) is 30.5 Å². The Morgan fingerprint density at radius 2 is 2.08 bits per heavy atom. The summed E-state index contributed by atoms with van der Waals surface area (Å²) >= 11 is 1.62. The molecule has 0 atom stereocenters. The van der Waals surface area contributed by atoms with Gasteiger partial charge in [-0.3, -0.25) is 9.48 Å². The number of hydrogen-bond acceptors (Lipinski definition) is 4. The van der Waals surface area contributed by atoms with Crippen LogP contribution in [0.5, 0.6) is 0 Å². The highest BCUT2D eigenvalue weighted by molar-refractivity contribution is 7.99. The van der Waals surface area contributed by atoms with Gasteiger partial charge >= 0.3 is 0 Å². The Morgan fingerprint density at radius 1 is 1.21 bits per heavy atom. The van der Waals surface area contributed by atoms with E-state index in [4.69, 9.17) is 4.42 Å². The van der Waals surface area contributed by atoms with Crippen molar-refractivity contribution in [3.63, 3.8) is 0 Å². The summed E-state index contributed by atoms with van der Waals surface area (Å²) in [7, 11) is 0. The summed E-state index contributed by atoms with van der Waals surface area (Å²) in [6, 6.07) is 12.1. The molecule has 0 aliphatic rings. The van der Waals surface area contributed by atoms with E-state index in [0.717, 1.165) is 16.9 Å². The van der Waals surface area contributed by atoms with Crippen LogP contribution in [0.2, 0.25) is 0 Å². The molecule has 0 fully saturated rings. The summed E-state index contributed by atoms with van der Waals surface area (Å²) < 4.78 is 6.88. The minimum absolute atomic E-state index is 0.0538. The maximum atomic E-state index is 11.8. The first-order chi connectivity index (χ1) is 11.8. The third-order valence-electron chi connectivity index (χ3n) is 3.50. The zero-order valence-corrected chi connectivity index (χ0v) is 14.0. The molecule has 0 aliphatic heterocycles. The lowest BCUT2D eigenvalue weighted by molar-refractivity contribution is -0.118. The molecular weight excluding hydrogens is 322 g/mol. The minimum atomic E-state index is 0.0538. The molecule has 0 bridgehead atoms. The van der Waals surface area contributed by atoms with Gasteiger partial charge < -0.3 is 9.73 Å². The number of hydrogen-bond donors (Lipinski definition) is 1. The number of furan rings is 1. The van der Waals surface area contributed by atoms with Gasteiger partial charge in [0.15, 0.2) is 0 Å². The summed E-state index contributed by atoms with van der Waals surface area (Å²) in [5.41, 5.74) is 3.25. The van der Waals surface area contributed by atoms with Crippen molar-refractivity contribution >= 4 is 17.7 Å². The van der Waals surface area contributed by atoms with Gasteiger partial charge in [0.1, 0.15) is 0 Å². The van der Waals surface area contributed by atoms with Crippen molar-refractivity contribution in [3.8, 4) is 11.1 Å². The average Bonchev–Trinajstić information content (AvgIpc) is 3.27. The summed E-state index contributed by atoms with van der Waals surface area (Å²) in [4.78, 5) is 11.8. The number of nitrogens with zero attached hydrogens (tertiary/aromatic N) is 2. The van der Waals surface area contributed by atoms with Gasteiger partial charge in [0, 0.05) is 29.6 Å². The van der Waals surface area contributed by atoms with E-state index in [2.05, 4.69) is 22.5 Å². The number of nitrogens with one attached hydrogen (secondary N) is 1. The predicted octanol–water partition coefficient (Wildman–Crippen LogP) is 3.19. The molecule has 24 heavy (non-hydrogen) atoms. The van der Waals surface area contributed by atoms with E-state index in [-0.39, 0.29) is 5.91 Å². The van der Waals surface area contributed by atoms with Crippen LogP contribution in [0.25, 0.3) is 11.1 Å². The Morgan fingerprint density at radius 3 is 2.88 bits per heavy atom. The van der Waals surface area contributed by atoms with Crippen molar-refractivity contribution in [2.45, 2.75) is 12.3 Å². The molecule has 2 aromatic heterocycles.